The molecule has 0 saturated carbocycles. The van der Waals surface area contributed by atoms with Gasteiger partial charge in [0.25, 0.3) is 0 Å². The molecule has 0 aromatic carbocycles. The molecule has 96 valence electrons. The van der Waals surface area contributed by atoms with Gasteiger partial charge in [-0.1, -0.05) is 27.2 Å². The normalized spacial score (nSPS) is 22.9. The molecule has 1 saturated heterocycles. The van der Waals surface area contributed by atoms with Crippen LogP contribution < -0.4 is 5.32 Å². The van der Waals surface area contributed by atoms with Gasteiger partial charge >= 0.3 is 0 Å². The zero-order valence-corrected chi connectivity index (χ0v) is 12.0. The van der Waals surface area contributed by atoms with Crippen LogP contribution in [0.2, 0.25) is 0 Å². The van der Waals surface area contributed by atoms with E-state index in [4.69, 9.17) is 0 Å². The van der Waals surface area contributed by atoms with Gasteiger partial charge in [-0.25, -0.2) is 0 Å². The van der Waals surface area contributed by atoms with E-state index in [9.17, 15) is 0 Å². The molecular weight excluding hydrogens is 216 g/mol. The summed E-state index contributed by atoms with van der Waals surface area (Å²) in [5.74, 6) is 1.33. The van der Waals surface area contributed by atoms with Crippen LogP contribution in [0.1, 0.15) is 40.0 Å². The summed E-state index contributed by atoms with van der Waals surface area (Å²) in [5.41, 5.74) is 0. The molecule has 1 unspecified atom stereocenters. The lowest BCUT2D eigenvalue weighted by atomic mass is 10.2. The Bertz CT molecular complexity index is 173. The largest absolute Gasteiger partial charge is 0.315 e. The molecule has 0 amide bonds. The third-order valence-electron chi connectivity index (χ3n) is 3.03. The number of unbranched alkanes of at least 4 members (excludes halogenated alkanes) is 2. The van der Waals surface area contributed by atoms with E-state index in [-0.39, 0.29) is 0 Å². The minimum Gasteiger partial charge on any atom is -0.315 e. The van der Waals surface area contributed by atoms with E-state index in [0.717, 1.165) is 5.25 Å². The van der Waals surface area contributed by atoms with Gasteiger partial charge in [0, 0.05) is 30.1 Å². The number of nitrogens with zero attached hydrogens (tertiary/aromatic N) is 1. The molecule has 2 nitrogen and oxygen atoms in total. The Hall–Kier alpha value is 0.270. The van der Waals surface area contributed by atoms with Crippen molar-refractivity contribution in [2.24, 2.45) is 0 Å². The molecule has 0 aromatic heterocycles. The Labute approximate surface area is 106 Å². The number of hydrogen-bond acceptors (Lipinski definition) is 3. The molecule has 1 N–H and O–H groups in total. The topological polar surface area (TPSA) is 15.3 Å². The lowest BCUT2D eigenvalue weighted by Gasteiger charge is -2.30. The summed E-state index contributed by atoms with van der Waals surface area (Å²) in [5, 5.41) is 4.32. The molecular formula is C13H28N2S. The van der Waals surface area contributed by atoms with Gasteiger partial charge in [-0.3, -0.25) is 0 Å². The fourth-order valence-electron chi connectivity index (χ4n) is 2.12. The molecule has 0 aromatic rings. The quantitative estimate of drug-likeness (QED) is 0.693. The van der Waals surface area contributed by atoms with Crippen LogP contribution >= 0.6 is 11.8 Å². The molecule has 1 heterocycles. The van der Waals surface area contributed by atoms with Crippen molar-refractivity contribution in [2.45, 2.75) is 51.3 Å². The van der Waals surface area contributed by atoms with Crippen LogP contribution in [0.15, 0.2) is 0 Å². The first kappa shape index (κ1) is 14.3. The van der Waals surface area contributed by atoms with E-state index in [0.29, 0.717) is 6.04 Å². The highest BCUT2D eigenvalue weighted by Crippen LogP contribution is 2.17. The molecule has 0 bridgehead atoms. The highest BCUT2D eigenvalue weighted by Gasteiger charge is 2.15. The van der Waals surface area contributed by atoms with Crippen LogP contribution in [0.5, 0.6) is 0 Å². The van der Waals surface area contributed by atoms with E-state index < -0.39 is 0 Å². The molecule has 3 heteroatoms. The second kappa shape index (κ2) is 8.37. The monoisotopic (exact) mass is 244 g/mol. The summed E-state index contributed by atoms with van der Waals surface area (Å²) >= 11 is 2.12. The van der Waals surface area contributed by atoms with Crippen LogP contribution in [0.25, 0.3) is 0 Å². The predicted molar refractivity (Wildman–Crippen MR) is 75.3 cm³/mol. The standard InChI is InChI=1S/C13H28N2S/c1-12(2)14-7-5-4-6-8-15-9-10-16-13(3)11-15/h12-14H,4-11H2,1-3H3. The average Bonchev–Trinajstić information content (AvgIpc) is 2.23. The number of rotatable bonds is 7. The smallest absolute Gasteiger partial charge is 0.0147 e. The number of nitrogens with one attached hydrogen (secondary N) is 1. The van der Waals surface area contributed by atoms with Crippen molar-refractivity contribution in [3.63, 3.8) is 0 Å². The highest BCUT2D eigenvalue weighted by molar-refractivity contribution is 7.99. The van der Waals surface area contributed by atoms with Crippen molar-refractivity contribution in [1.29, 1.82) is 0 Å². The Morgan fingerprint density at radius 3 is 2.81 bits per heavy atom. The zero-order valence-electron chi connectivity index (χ0n) is 11.2. The van der Waals surface area contributed by atoms with Gasteiger partial charge in [0.2, 0.25) is 0 Å². The zero-order chi connectivity index (χ0) is 11.8. The first-order chi connectivity index (χ1) is 7.68. The maximum Gasteiger partial charge on any atom is 0.0147 e. The molecule has 1 rings (SSSR count). The SMILES string of the molecule is CC(C)NCCCCCN1CCSC(C)C1. The Balaban J connectivity index is 1.90. The first-order valence-corrected chi connectivity index (χ1v) is 7.80. The van der Waals surface area contributed by atoms with Crippen molar-refractivity contribution >= 4 is 11.8 Å². The van der Waals surface area contributed by atoms with Crippen molar-refractivity contribution in [1.82, 2.24) is 10.2 Å². The van der Waals surface area contributed by atoms with Gasteiger partial charge in [-0.15, -0.1) is 0 Å². The third-order valence-corrected chi connectivity index (χ3v) is 4.17. The van der Waals surface area contributed by atoms with Crippen molar-refractivity contribution < 1.29 is 0 Å². The van der Waals surface area contributed by atoms with Crippen LogP contribution in [-0.2, 0) is 0 Å². The van der Waals surface area contributed by atoms with Gasteiger partial charge < -0.3 is 10.2 Å². The predicted octanol–water partition coefficient (Wildman–Crippen LogP) is 2.59. The Kier molecular flexibility index (Phi) is 7.50. The molecule has 1 atom stereocenters. The lowest BCUT2D eigenvalue weighted by Crippen LogP contribution is -2.37. The third kappa shape index (κ3) is 6.77. The van der Waals surface area contributed by atoms with Crippen molar-refractivity contribution in [3.05, 3.63) is 0 Å². The maximum atomic E-state index is 3.47. The Morgan fingerprint density at radius 1 is 1.31 bits per heavy atom. The number of hydrogen-bond donors (Lipinski definition) is 1. The van der Waals surface area contributed by atoms with Gasteiger partial charge in [-0.2, -0.15) is 11.8 Å². The van der Waals surface area contributed by atoms with Crippen LogP contribution in [0, 0.1) is 0 Å². The molecule has 0 aliphatic carbocycles. The van der Waals surface area contributed by atoms with Crippen LogP contribution in [-0.4, -0.2) is 48.1 Å². The average molecular weight is 244 g/mol. The summed E-state index contributed by atoms with van der Waals surface area (Å²) in [4.78, 5) is 2.64. The van der Waals surface area contributed by atoms with Crippen LogP contribution in [0.4, 0.5) is 0 Å². The van der Waals surface area contributed by atoms with Crippen molar-refractivity contribution in [2.75, 3.05) is 31.9 Å². The fraction of sp³-hybridized carbons (Fsp3) is 1.00. The maximum absolute atomic E-state index is 3.47. The minimum atomic E-state index is 0.639. The minimum absolute atomic E-state index is 0.639. The van der Waals surface area contributed by atoms with Crippen molar-refractivity contribution in [3.8, 4) is 0 Å². The summed E-state index contributed by atoms with van der Waals surface area (Å²) in [7, 11) is 0. The molecule has 1 fully saturated rings. The molecule has 0 spiro atoms. The van der Waals surface area contributed by atoms with E-state index in [1.165, 1.54) is 51.2 Å². The lowest BCUT2D eigenvalue weighted by molar-refractivity contribution is 0.279. The van der Waals surface area contributed by atoms with E-state index in [1.54, 1.807) is 0 Å². The van der Waals surface area contributed by atoms with E-state index >= 15 is 0 Å². The van der Waals surface area contributed by atoms with E-state index in [2.05, 4.69) is 42.7 Å². The summed E-state index contributed by atoms with van der Waals surface area (Å²) in [6.07, 6.45) is 4.07. The first-order valence-electron chi connectivity index (χ1n) is 6.76. The Morgan fingerprint density at radius 2 is 2.12 bits per heavy atom. The molecule has 1 aliphatic rings. The highest BCUT2D eigenvalue weighted by atomic mass is 32.2. The summed E-state index contributed by atoms with van der Waals surface area (Å²) in [6.45, 7) is 11.9. The van der Waals surface area contributed by atoms with Gasteiger partial charge in [0.1, 0.15) is 0 Å². The summed E-state index contributed by atoms with van der Waals surface area (Å²) in [6, 6.07) is 0.639. The van der Waals surface area contributed by atoms with Gasteiger partial charge in [0.15, 0.2) is 0 Å². The summed E-state index contributed by atoms with van der Waals surface area (Å²) < 4.78 is 0. The van der Waals surface area contributed by atoms with E-state index in [1.807, 2.05) is 0 Å². The van der Waals surface area contributed by atoms with Gasteiger partial charge in [-0.05, 0) is 25.9 Å². The second-order valence-corrected chi connectivity index (χ2v) is 6.70. The molecule has 0 radical (unpaired) electrons. The fourth-order valence-corrected chi connectivity index (χ4v) is 3.20. The second-order valence-electron chi connectivity index (χ2n) is 5.15. The number of thioether (sulfide) groups is 1. The van der Waals surface area contributed by atoms with Crippen LogP contribution in [0.3, 0.4) is 0 Å². The van der Waals surface area contributed by atoms with Gasteiger partial charge in [0.05, 0.1) is 0 Å². The molecule has 1 aliphatic heterocycles. The molecule has 16 heavy (non-hydrogen) atoms.